The quantitative estimate of drug-likeness (QED) is 0.578. The number of amides is 1. The number of nitrogens with two attached hydrogens (primary N) is 1. The summed E-state index contributed by atoms with van der Waals surface area (Å²) in [4.78, 5) is 12.7. The van der Waals surface area contributed by atoms with Gasteiger partial charge in [0.05, 0.1) is 16.8 Å². The van der Waals surface area contributed by atoms with Gasteiger partial charge < -0.3 is 16.4 Å². The number of carbonyl (C=O) groups is 1. The Balaban J connectivity index is 1.50. The minimum atomic E-state index is -0.674. The molecule has 0 bridgehead atoms. The second-order valence-corrected chi connectivity index (χ2v) is 7.49. The lowest BCUT2D eigenvalue weighted by Crippen LogP contribution is -2.37. The molecule has 4 nitrogen and oxygen atoms in total. The first kappa shape index (κ1) is 19.2. The van der Waals surface area contributed by atoms with Crippen molar-refractivity contribution in [3.05, 3.63) is 88.6 Å². The van der Waals surface area contributed by atoms with Gasteiger partial charge in [0.15, 0.2) is 0 Å². The molecule has 1 amide bonds. The van der Waals surface area contributed by atoms with Crippen LogP contribution in [0.5, 0.6) is 0 Å². The smallest absolute Gasteiger partial charge is 0.241 e. The molecule has 3 aromatic carbocycles. The van der Waals surface area contributed by atoms with Gasteiger partial charge in [0.2, 0.25) is 5.91 Å². The number of benzene rings is 3. The summed E-state index contributed by atoms with van der Waals surface area (Å²) in [6, 6.07) is 17.3. The molecule has 5 heteroatoms. The molecule has 4 N–H and O–H groups in total. The van der Waals surface area contributed by atoms with Crippen LogP contribution >= 0.6 is 11.6 Å². The first-order valence-corrected chi connectivity index (χ1v) is 9.90. The number of anilines is 1. The Bertz CT molecular complexity index is 1150. The second kappa shape index (κ2) is 8.11. The molecule has 0 spiro atoms. The number of allylic oxidation sites excluding steroid dienone is 1. The van der Waals surface area contributed by atoms with Crippen molar-refractivity contribution in [1.82, 2.24) is 5.32 Å². The lowest BCUT2D eigenvalue weighted by atomic mass is 10.00. The minimum absolute atomic E-state index is 0.260. The molecule has 1 heterocycles. The number of rotatable bonds is 4. The normalized spacial score (nSPS) is 15.1. The van der Waals surface area contributed by atoms with Crippen molar-refractivity contribution < 1.29 is 4.79 Å². The van der Waals surface area contributed by atoms with Gasteiger partial charge in [0, 0.05) is 17.5 Å². The fourth-order valence-corrected chi connectivity index (χ4v) is 3.74. The molecule has 1 atom stereocenters. The van der Waals surface area contributed by atoms with Crippen molar-refractivity contribution in [3.8, 4) is 0 Å². The molecular formula is C24H22ClN3O. The maximum absolute atomic E-state index is 12.7. The van der Waals surface area contributed by atoms with Gasteiger partial charge in [0.1, 0.15) is 0 Å². The summed E-state index contributed by atoms with van der Waals surface area (Å²) in [7, 11) is 0. The fourth-order valence-electron chi connectivity index (χ4n) is 3.53. The Morgan fingerprint density at radius 1 is 1.17 bits per heavy atom. The fraction of sp³-hybridized carbons (Fsp3) is 0.125. The van der Waals surface area contributed by atoms with Gasteiger partial charge in [-0.15, -0.1) is 0 Å². The molecule has 0 radical (unpaired) electrons. The summed E-state index contributed by atoms with van der Waals surface area (Å²) in [6.07, 6.45) is 6.24. The summed E-state index contributed by atoms with van der Waals surface area (Å²) in [6.45, 7) is 1.96. The number of fused-ring (bicyclic) bond motifs is 2. The predicted molar refractivity (Wildman–Crippen MR) is 122 cm³/mol. The second-order valence-electron chi connectivity index (χ2n) is 7.08. The monoisotopic (exact) mass is 403 g/mol. The van der Waals surface area contributed by atoms with Crippen LogP contribution in [0.3, 0.4) is 0 Å². The number of nitrogens with one attached hydrogen (secondary N) is 2. The van der Waals surface area contributed by atoms with Crippen LogP contribution in [0, 0.1) is 0 Å². The van der Waals surface area contributed by atoms with Crippen LogP contribution < -0.4 is 16.4 Å². The number of hydrogen-bond acceptors (Lipinski definition) is 3. The molecule has 146 valence electrons. The van der Waals surface area contributed by atoms with Crippen molar-refractivity contribution >= 4 is 45.7 Å². The van der Waals surface area contributed by atoms with Gasteiger partial charge in [-0.05, 0) is 53.5 Å². The van der Waals surface area contributed by atoms with E-state index in [4.69, 9.17) is 17.3 Å². The molecule has 3 aromatic rings. The van der Waals surface area contributed by atoms with Crippen molar-refractivity contribution in [3.63, 3.8) is 0 Å². The predicted octanol–water partition coefficient (Wildman–Crippen LogP) is 4.94. The zero-order chi connectivity index (χ0) is 20.4. The minimum Gasteiger partial charge on any atom is -0.361 e. The van der Waals surface area contributed by atoms with E-state index < -0.39 is 6.04 Å². The van der Waals surface area contributed by atoms with E-state index in [-0.39, 0.29) is 5.91 Å². The third-order valence-corrected chi connectivity index (χ3v) is 5.40. The van der Waals surface area contributed by atoms with Crippen LogP contribution in [-0.4, -0.2) is 11.9 Å². The highest BCUT2D eigenvalue weighted by atomic mass is 35.5. The van der Waals surface area contributed by atoms with Crippen LogP contribution in [0.15, 0.2) is 66.9 Å². The van der Waals surface area contributed by atoms with Crippen molar-refractivity contribution in [2.75, 3.05) is 5.32 Å². The van der Waals surface area contributed by atoms with Gasteiger partial charge in [0.25, 0.3) is 0 Å². The van der Waals surface area contributed by atoms with Crippen LogP contribution in [0.2, 0.25) is 5.02 Å². The van der Waals surface area contributed by atoms with E-state index in [1.807, 2.05) is 55.6 Å². The van der Waals surface area contributed by atoms with Gasteiger partial charge in [-0.1, -0.05) is 60.1 Å². The molecule has 0 aromatic heterocycles. The van der Waals surface area contributed by atoms with E-state index in [0.717, 1.165) is 33.2 Å². The van der Waals surface area contributed by atoms with E-state index in [2.05, 4.69) is 34.9 Å². The third-order valence-electron chi connectivity index (χ3n) is 5.08. The highest BCUT2D eigenvalue weighted by molar-refractivity contribution is 6.34. The zero-order valence-corrected chi connectivity index (χ0v) is 16.8. The number of hydrogen-bond donors (Lipinski definition) is 3. The maximum Gasteiger partial charge on any atom is 0.241 e. The zero-order valence-electron chi connectivity index (χ0n) is 16.1. The Morgan fingerprint density at radius 2 is 1.97 bits per heavy atom. The van der Waals surface area contributed by atoms with E-state index in [1.54, 1.807) is 0 Å². The van der Waals surface area contributed by atoms with Gasteiger partial charge in [-0.2, -0.15) is 0 Å². The summed E-state index contributed by atoms with van der Waals surface area (Å²) in [5.74, 6) is -0.260. The van der Waals surface area contributed by atoms with E-state index >= 15 is 0 Å². The molecular weight excluding hydrogens is 382 g/mol. The Morgan fingerprint density at radius 3 is 2.76 bits per heavy atom. The molecule has 0 unspecified atom stereocenters. The Labute approximate surface area is 175 Å². The lowest BCUT2D eigenvalue weighted by molar-refractivity contribution is -0.117. The average Bonchev–Trinajstić information content (AvgIpc) is 2.73. The standard InChI is InChI=1S/C24H22ClN3O/c1-2-22-19-14-20(25)23(13-18(19)9-10-27-22)28-24(29)21(26)12-15-7-8-16-5-3-4-6-17(16)11-15/h2-11,13-14,21,27H,12,26H2,1H3,(H,28,29)/b22-2+/t21-/m1/s1. The third kappa shape index (κ3) is 4.04. The molecule has 0 aliphatic carbocycles. The molecule has 0 saturated heterocycles. The van der Waals surface area contributed by atoms with E-state index in [1.165, 1.54) is 0 Å². The molecule has 4 rings (SSSR count). The number of carbonyl (C=O) groups excluding carboxylic acids is 1. The largest absolute Gasteiger partial charge is 0.361 e. The Hall–Kier alpha value is -3.08. The van der Waals surface area contributed by atoms with Crippen LogP contribution in [-0.2, 0) is 11.2 Å². The summed E-state index contributed by atoms with van der Waals surface area (Å²) >= 11 is 6.42. The van der Waals surface area contributed by atoms with Crippen LogP contribution in [0.25, 0.3) is 22.5 Å². The SMILES string of the molecule is C/C=C1/NC=Cc2cc(NC(=O)[C@H](N)Cc3ccc4ccccc4c3)c(Cl)cc21. The first-order chi connectivity index (χ1) is 14.0. The van der Waals surface area contributed by atoms with Crippen LogP contribution in [0.4, 0.5) is 5.69 Å². The average molecular weight is 404 g/mol. The molecule has 1 aliphatic rings. The van der Waals surface area contributed by atoms with Crippen LogP contribution in [0.1, 0.15) is 23.6 Å². The Kier molecular flexibility index (Phi) is 5.38. The van der Waals surface area contributed by atoms with Gasteiger partial charge in [-0.25, -0.2) is 0 Å². The maximum atomic E-state index is 12.7. The highest BCUT2D eigenvalue weighted by Crippen LogP contribution is 2.32. The summed E-state index contributed by atoms with van der Waals surface area (Å²) < 4.78 is 0. The molecule has 0 fully saturated rings. The summed E-state index contributed by atoms with van der Waals surface area (Å²) in [5.41, 5.74) is 10.7. The summed E-state index contributed by atoms with van der Waals surface area (Å²) in [5, 5.41) is 8.84. The van der Waals surface area contributed by atoms with E-state index in [9.17, 15) is 4.79 Å². The highest BCUT2D eigenvalue weighted by Gasteiger charge is 2.18. The van der Waals surface area contributed by atoms with Gasteiger partial charge >= 0.3 is 0 Å². The lowest BCUT2D eigenvalue weighted by Gasteiger charge is -2.19. The van der Waals surface area contributed by atoms with Crippen molar-refractivity contribution in [2.45, 2.75) is 19.4 Å². The number of halogens is 1. The van der Waals surface area contributed by atoms with Crippen molar-refractivity contribution in [2.24, 2.45) is 5.73 Å². The molecule has 29 heavy (non-hydrogen) atoms. The first-order valence-electron chi connectivity index (χ1n) is 9.52. The van der Waals surface area contributed by atoms with Gasteiger partial charge in [-0.3, -0.25) is 4.79 Å². The topological polar surface area (TPSA) is 67.1 Å². The molecule has 1 aliphatic heterocycles. The van der Waals surface area contributed by atoms with Crippen molar-refractivity contribution in [1.29, 1.82) is 0 Å². The molecule has 0 saturated carbocycles. The van der Waals surface area contributed by atoms with E-state index in [0.29, 0.717) is 17.1 Å².